The number of benzene rings is 2. The summed E-state index contributed by atoms with van der Waals surface area (Å²) < 4.78 is 6.08. The number of ether oxygens (including phenoxy) is 1. The Morgan fingerprint density at radius 3 is 2.65 bits per heavy atom. The highest BCUT2D eigenvalue weighted by Gasteiger charge is 2.25. The fourth-order valence-corrected chi connectivity index (χ4v) is 2.98. The molecule has 0 aliphatic carbocycles. The van der Waals surface area contributed by atoms with Crippen molar-refractivity contribution in [3.05, 3.63) is 59.7 Å². The minimum absolute atomic E-state index is 0.219. The number of anilines is 1. The molecule has 26 heavy (non-hydrogen) atoms. The van der Waals surface area contributed by atoms with Gasteiger partial charge in [-0.3, -0.25) is 0 Å². The molecular weight excluding hydrogens is 352 g/mol. The van der Waals surface area contributed by atoms with E-state index in [1.165, 1.54) is 11.8 Å². The zero-order valence-electron chi connectivity index (χ0n) is 13.7. The quantitative estimate of drug-likeness (QED) is 0.680. The maximum atomic E-state index is 11.1. The van der Waals surface area contributed by atoms with E-state index in [-0.39, 0.29) is 5.56 Å². The number of carboxylic acids is 1. The first-order chi connectivity index (χ1) is 12.7. The molecule has 0 bridgehead atoms. The molecule has 0 saturated carbocycles. The summed E-state index contributed by atoms with van der Waals surface area (Å²) in [6.45, 7) is 0. The summed E-state index contributed by atoms with van der Waals surface area (Å²) in [4.78, 5) is 15.5. The van der Waals surface area contributed by atoms with Gasteiger partial charge in [-0.05, 0) is 24.5 Å². The number of nitrogens with zero attached hydrogens (tertiary/aromatic N) is 3. The fourth-order valence-electron chi connectivity index (χ4n) is 2.69. The molecule has 3 aromatic rings. The molecule has 2 heterocycles. The van der Waals surface area contributed by atoms with Crippen molar-refractivity contribution in [2.24, 2.45) is 0 Å². The van der Waals surface area contributed by atoms with Crippen LogP contribution in [0.25, 0.3) is 11.3 Å². The van der Waals surface area contributed by atoms with E-state index in [1.807, 2.05) is 30.5 Å². The first-order valence-electron chi connectivity index (χ1n) is 7.80. The number of fused-ring (bicyclic) bond motifs is 3. The first-order valence-corrected chi connectivity index (χ1v) is 9.03. The fraction of sp³-hybridized carbons (Fsp3) is 0.111. The van der Waals surface area contributed by atoms with Crippen LogP contribution in [0.1, 0.15) is 22.1 Å². The Bertz CT molecular complexity index is 978. The third-order valence-electron chi connectivity index (χ3n) is 3.98. The molecule has 0 saturated heterocycles. The Hall–Kier alpha value is -3.13. The van der Waals surface area contributed by atoms with Gasteiger partial charge in [-0.2, -0.15) is 4.98 Å². The number of hydrogen-bond acceptors (Lipinski definition) is 7. The third-order valence-corrected chi connectivity index (χ3v) is 4.51. The van der Waals surface area contributed by atoms with E-state index in [9.17, 15) is 4.79 Å². The molecule has 1 aliphatic rings. The number of thioether (sulfide) groups is 1. The molecule has 2 aromatic carbocycles. The Morgan fingerprint density at radius 2 is 1.92 bits per heavy atom. The van der Waals surface area contributed by atoms with E-state index >= 15 is 0 Å². The summed E-state index contributed by atoms with van der Waals surface area (Å²) in [6, 6.07) is 14.2. The van der Waals surface area contributed by atoms with Crippen LogP contribution in [0.4, 0.5) is 5.69 Å². The van der Waals surface area contributed by atoms with Gasteiger partial charge in [0.15, 0.2) is 11.9 Å². The molecule has 1 aliphatic heterocycles. The van der Waals surface area contributed by atoms with Gasteiger partial charge in [-0.15, -0.1) is 10.2 Å². The average Bonchev–Trinajstić information content (AvgIpc) is 2.84. The molecule has 8 heteroatoms. The van der Waals surface area contributed by atoms with E-state index in [0.29, 0.717) is 16.7 Å². The number of hydrogen-bond donors (Lipinski definition) is 2. The highest BCUT2D eigenvalue weighted by Crippen LogP contribution is 2.39. The van der Waals surface area contributed by atoms with E-state index < -0.39 is 12.2 Å². The number of rotatable bonds is 3. The van der Waals surface area contributed by atoms with Crippen molar-refractivity contribution < 1.29 is 14.6 Å². The number of aromatic carboxylic acids is 1. The van der Waals surface area contributed by atoms with Gasteiger partial charge in [0.25, 0.3) is 0 Å². The molecule has 1 unspecified atom stereocenters. The summed E-state index contributed by atoms with van der Waals surface area (Å²) in [5, 5.41) is 21.3. The Labute approximate surface area is 153 Å². The summed E-state index contributed by atoms with van der Waals surface area (Å²) in [5.74, 6) is -0.586. The topological polar surface area (TPSA) is 97.2 Å². The van der Waals surface area contributed by atoms with Crippen LogP contribution < -0.4 is 10.1 Å². The predicted molar refractivity (Wildman–Crippen MR) is 97.4 cm³/mol. The van der Waals surface area contributed by atoms with E-state index in [1.54, 1.807) is 24.3 Å². The average molecular weight is 366 g/mol. The van der Waals surface area contributed by atoms with Crippen LogP contribution in [0.15, 0.2) is 53.7 Å². The van der Waals surface area contributed by atoms with Crippen molar-refractivity contribution >= 4 is 23.4 Å². The molecule has 4 rings (SSSR count). The lowest BCUT2D eigenvalue weighted by molar-refractivity contribution is 0.0696. The van der Waals surface area contributed by atoms with Crippen molar-refractivity contribution in [3.63, 3.8) is 0 Å². The van der Waals surface area contributed by atoms with Crippen molar-refractivity contribution in [2.45, 2.75) is 11.4 Å². The standard InChI is InChI=1S/C18H14N4O3S/c1-26-18-20-16-14(21-22-18)12-4-2-3-5-13(12)19-15(25-16)10-6-8-11(9-7-10)17(23)24/h2-9,15,19H,1H3,(H,23,24). The van der Waals surface area contributed by atoms with Gasteiger partial charge in [0.05, 0.1) is 5.56 Å². The largest absolute Gasteiger partial charge is 0.478 e. The Morgan fingerprint density at radius 1 is 1.15 bits per heavy atom. The smallest absolute Gasteiger partial charge is 0.335 e. The summed E-state index contributed by atoms with van der Waals surface area (Å²) in [5.41, 5.74) is 3.25. The molecule has 0 radical (unpaired) electrons. The SMILES string of the molecule is CSc1nnc2c(n1)OC(c1ccc(C(=O)O)cc1)Nc1ccccc1-2. The second-order valence-electron chi connectivity index (χ2n) is 5.57. The van der Waals surface area contributed by atoms with Gasteiger partial charge in [0, 0.05) is 16.8 Å². The van der Waals surface area contributed by atoms with Gasteiger partial charge in [-0.25, -0.2) is 4.79 Å². The van der Waals surface area contributed by atoms with E-state index in [2.05, 4.69) is 20.5 Å². The molecule has 0 fully saturated rings. The lowest BCUT2D eigenvalue weighted by Gasteiger charge is -2.19. The molecule has 0 spiro atoms. The van der Waals surface area contributed by atoms with Crippen LogP contribution in [0.5, 0.6) is 5.88 Å². The number of nitrogens with one attached hydrogen (secondary N) is 1. The van der Waals surface area contributed by atoms with Crippen LogP contribution in [0, 0.1) is 0 Å². The molecule has 1 atom stereocenters. The molecular formula is C18H14N4O3S. The van der Waals surface area contributed by atoms with Gasteiger partial charge >= 0.3 is 5.97 Å². The third kappa shape index (κ3) is 2.95. The highest BCUT2D eigenvalue weighted by atomic mass is 32.2. The van der Waals surface area contributed by atoms with Gasteiger partial charge < -0.3 is 15.2 Å². The molecule has 130 valence electrons. The van der Waals surface area contributed by atoms with Gasteiger partial charge in [-0.1, -0.05) is 42.1 Å². The first kappa shape index (κ1) is 16.3. The molecule has 0 amide bonds. The maximum absolute atomic E-state index is 11.1. The number of para-hydroxylation sites is 1. The van der Waals surface area contributed by atoms with Gasteiger partial charge in [0.2, 0.25) is 11.0 Å². The van der Waals surface area contributed by atoms with Gasteiger partial charge in [0.1, 0.15) is 0 Å². The van der Waals surface area contributed by atoms with Crippen molar-refractivity contribution in [2.75, 3.05) is 11.6 Å². The van der Waals surface area contributed by atoms with E-state index in [4.69, 9.17) is 9.84 Å². The van der Waals surface area contributed by atoms with Crippen molar-refractivity contribution in [1.29, 1.82) is 0 Å². The van der Waals surface area contributed by atoms with E-state index in [0.717, 1.165) is 16.8 Å². The highest BCUT2D eigenvalue weighted by molar-refractivity contribution is 7.98. The second kappa shape index (κ2) is 6.64. The number of carboxylic acid groups (broad SMARTS) is 1. The minimum Gasteiger partial charge on any atom is -0.478 e. The van der Waals surface area contributed by atoms with Crippen LogP contribution in [-0.4, -0.2) is 32.5 Å². The second-order valence-corrected chi connectivity index (χ2v) is 6.34. The summed E-state index contributed by atoms with van der Waals surface area (Å²) >= 11 is 1.38. The minimum atomic E-state index is -0.969. The number of carbonyl (C=O) groups is 1. The maximum Gasteiger partial charge on any atom is 0.335 e. The molecule has 2 N–H and O–H groups in total. The van der Waals surface area contributed by atoms with Crippen molar-refractivity contribution in [3.8, 4) is 17.1 Å². The molecule has 1 aromatic heterocycles. The predicted octanol–water partition coefficient (Wildman–Crippen LogP) is 3.46. The number of aromatic nitrogens is 3. The zero-order chi connectivity index (χ0) is 18.1. The van der Waals surface area contributed by atoms with Crippen LogP contribution in [0.2, 0.25) is 0 Å². The van der Waals surface area contributed by atoms with Crippen LogP contribution >= 0.6 is 11.8 Å². The Kier molecular flexibility index (Phi) is 4.18. The Balaban J connectivity index is 1.80. The lowest BCUT2D eigenvalue weighted by atomic mass is 10.1. The summed E-state index contributed by atoms with van der Waals surface area (Å²) in [7, 11) is 0. The van der Waals surface area contributed by atoms with Crippen LogP contribution in [-0.2, 0) is 0 Å². The van der Waals surface area contributed by atoms with Crippen molar-refractivity contribution in [1.82, 2.24) is 15.2 Å². The normalized spacial score (nSPS) is 15.0. The zero-order valence-corrected chi connectivity index (χ0v) is 14.5. The molecule has 7 nitrogen and oxygen atoms in total. The monoisotopic (exact) mass is 366 g/mol. The van der Waals surface area contributed by atoms with Crippen LogP contribution in [0.3, 0.4) is 0 Å². The summed E-state index contributed by atoms with van der Waals surface area (Å²) in [6.07, 6.45) is 1.33. The lowest BCUT2D eigenvalue weighted by Crippen LogP contribution is -2.17.